The summed E-state index contributed by atoms with van der Waals surface area (Å²) in [6, 6.07) is 3.79. The molecule has 1 aromatic heterocycles. The molecule has 0 amide bonds. The Balaban J connectivity index is 2.09. The van der Waals surface area contributed by atoms with Crippen LogP contribution in [-0.2, 0) is 4.79 Å². The van der Waals surface area contributed by atoms with E-state index in [1.165, 1.54) is 0 Å². The normalized spacial score (nSPS) is 20.8. The number of carboxylic acid groups (broad SMARTS) is 1. The van der Waals surface area contributed by atoms with E-state index < -0.39 is 5.97 Å². The molecule has 1 saturated heterocycles. The van der Waals surface area contributed by atoms with E-state index in [0.717, 1.165) is 30.9 Å². The molecule has 1 aliphatic rings. The molecular formula is C11H15N3O2. The van der Waals surface area contributed by atoms with Crippen LogP contribution in [-0.4, -0.2) is 34.4 Å². The number of aliphatic carboxylic acids is 1. The van der Waals surface area contributed by atoms with Gasteiger partial charge in [0, 0.05) is 13.1 Å². The summed E-state index contributed by atoms with van der Waals surface area (Å²) in [5.74, 6) is -0.224. The molecule has 1 unspecified atom stereocenters. The Hall–Kier alpha value is -1.65. The van der Waals surface area contributed by atoms with E-state index >= 15 is 0 Å². The monoisotopic (exact) mass is 221 g/mol. The molecule has 2 heterocycles. The van der Waals surface area contributed by atoms with Crippen molar-refractivity contribution in [2.75, 3.05) is 18.0 Å². The van der Waals surface area contributed by atoms with Crippen LogP contribution in [0.2, 0.25) is 0 Å². The highest BCUT2D eigenvalue weighted by molar-refractivity contribution is 5.71. The molecule has 0 spiro atoms. The van der Waals surface area contributed by atoms with Crippen LogP contribution in [0.15, 0.2) is 12.1 Å². The third kappa shape index (κ3) is 2.29. The fraction of sp³-hybridized carbons (Fsp3) is 0.545. The lowest BCUT2D eigenvalue weighted by atomic mass is 9.98. The molecule has 0 radical (unpaired) electrons. The van der Waals surface area contributed by atoms with Crippen LogP contribution in [0, 0.1) is 12.8 Å². The maximum absolute atomic E-state index is 10.9. The highest BCUT2D eigenvalue weighted by Crippen LogP contribution is 2.21. The molecule has 5 nitrogen and oxygen atoms in total. The zero-order chi connectivity index (χ0) is 11.5. The first-order valence-corrected chi connectivity index (χ1v) is 5.45. The van der Waals surface area contributed by atoms with Gasteiger partial charge in [-0.3, -0.25) is 4.79 Å². The van der Waals surface area contributed by atoms with Gasteiger partial charge in [-0.1, -0.05) is 0 Å². The van der Waals surface area contributed by atoms with Crippen molar-refractivity contribution in [3.8, 4) is 0 Å². The molecule has 5 heteroatoms. The standard InChI is InChI=1S/C11H15N3O2/c1-8-4-5-10(13-12-8)14-6-2-3-9(7-14)11(15)16/h4-5,9H,2-3,6-7H2,1H3,(H,15,16). The van der Waals surface area contributed by atoms with Gasteiger partial charge in [0.1, 0.15) is 0 Å². The van der Waals surface area contributed by atoms with Crippen molar-refractivity contribution < 1.29 is 9.90 Å². The number of nitrogens with zero attached hydrogens (tertiary/aromatic N) is 3. The van der Waals surface area contributed by atoms with Crippen LogP contribution >= 0.6 is 0 Å². The van der Waals surface area contributed by atoms with E-state index in [1.807, 2.05) is 24.0 Å². The minimum absolute atomic E-state index is 0.281. The topological polar surface area (TPSA) is 66.3 Å². The maximum atomic E-state index is 10.9. The summed E-state index contributed by atoms with van der Waals surface area (Å²) in [7, 11) is 0. The first kappa shape index (κ1) is 10.9. The summed E-state index contributed by atoms with van der Waals surface area (Å²) in [6.07, 6.45) is 1.65. The second-order valence-electron chi connectivity index (χ2n) is 4.16. The SMILES string of the molecule is Cc1ccc(N2CCCC(C(=O)O)C2)nn1. The molecule has 1 aromatic rings. The van der Waals surface area contributed by atoms with Crippen LogP contribution in [0.5, 0.6) is 0 Å². The summed E-state index contributed by atoms with van der Waals surface area (Å²) in [4.78, 5) is 12.9. The second-order valence-corrected chi connectivity index (χ2v) is 4.16. The number of carbonyl (C=O) groups is 1. The molecule has 0 aliphatic carbocycles. The van der Waals surface area contributed by atoms with Crippen LogP contribution < -0.4 is 4.90 Å². The number of carboxylic acids is 1. The third-order valence-electron chi connectivity index (χ3n) is 2.88. The van der Waals surface area contributed by atoms with Crippen molar-refractivity contribution in [3.05, 3.63) is 17.8 Å². The van der Waals surface area contributed by atoms with Crippen molar-refractivity contribution in [1.29, 1.82) is 0 Å². The van der Waals surface area contributed by atoms with Gasteiger partial charge in [-0.2, -0.15) is 5.10 Å². The molecule has 0 aromatic carbocycles. The molecule has 1 N–H and O–H groups in total. The molecule has 2 rings (SSSR count). The van der Waals surface area contributed by atoms with Gasteiger partial charge in [0.25, 0.3) is 0 Å². The Kier molecular flexibility index (Phi) is 3.03. The van der Waals surface area contributed by atoms with Gasteiger partial charge in [0.15, 0.2) is 5.82 Å². The fourth-order valence-corrected chi connectivity index (χ4v) is 1.95. The minimum Gasteiger partial charge on any atom is -0.481 e. The summed E-state index contributed by atoms with van der Waals surface area (Å²) >= 11 is 0. The van der Waals surface area contributed by atoms with Crippen LogP contribution in [0.3, 0.4) is 0 Å². The van der Waals surface area contributed by atoms with Crippen LogP contribution in [0.25, 0.3) is 0 Å². The lowest BCUT2D eigenvalue weighted by Crippen LogP contribution is -2.39. The van der Waals surface area contributed by atoms with Crippen molar-refractivity contribution in [2.24, 2.45) is 5.92 Å². The molecule has 1 atom stereocenters. The van der Waals surface area contributed by atoms with Gasteiger partial charge in [-0.25, -0.2) is 0 Å². The number of hydrogen-bond acceptors (Lipinski definition) is 4. The predicted octanol–water partition coefficient (Wildman–Crippen LogP) is 1.09. The number of anilines is 1. The first-order chi connectivity index (χ1) is 7.66. The maximum Gasteiger partial charge on any atom is 0.308 e. The number of piperidine rings is 1. The van der Waals surface area contributed by atoms with E-state index in [9.17, 15) is 4.79 Å². The zero-order valence-electron chi connectivity index (χ0n) is 9.26. The highest BCUT2D eigenvalue weighted by Gasteiger charge is 2.26. The van der Waals surface area contributed by atoms with Gasteiger partial charge in [-0.05, 0) is 31.9 Å². The summed E-state index contributed by atoms with van der Waals surface area (Å²) in [6.45, 7) is 3.28. The predicted molar refractivity (Wildman–Crippen MR) is 59.3 cm³/mol. The number of aromatic nitrogens is 2. The molecule has 16 heavy (non-hydrogen) atoms. The third-order valence-corrected chi connectivity index (χ3v) is 2.88. The van der Waals surface area contributed by atoms with Gasteiger partial charge in [0.2, 0.25) is 0 Å². The Labute approximate surface area is 94.1 Å². The highest BCUT2D eigenvalue weighted by atomic mass is 16.4. The van der Waals surface area contributed by atoms with E-state index in [0.29, 0.717) is 6.54 Å². The molecule has 0 saturated carbocycles. The van der Waals surface area contributed by atoms with Crippen molar-refractivity contribution >= 4 is 11.8 Å². The Morgan fingerprint density at radius 3 is 2.94 bits per heavy atom. The first-order valence-electron chi connectivity index (χ1n) is 5.45. The van der Waals surface area contributed by atoms with Crippen molar-refractivity contribution in [3.63, 3.8) is 0 Å². The fourth-order valence-electron chi connectivity index (χ4n) is 1.95. The molecular weight excluding hydrogens is 206 g/mol. The number of rotatable bonds is 2. The average molecular weight is 221 g/mol. The van der Waals surface area contributed by atoms with Gasteiger partial charge >= 0.3 is 5.97 Å². The summed E-state index contributed by atoms with van der Waals surface area (Å²) in [5, 5.41) is 17.0. The lowest BCUT2D eigenvalue weighted by Gasteiger charge is -2.31. The van der Waals surface area contributed by atoms with Crippen molar-refractivity contribution in [2.45, 2.75) is 19.8 Å². The second kappa shape index (κ2) is 4.47. The average Bonchev–Trinajstić information content (AvgIpc) is 2.30. The Morgan fingerprint density at radius 1 is 1.50 bits per heavy atom. The largest absolute Gasteiger partial charge is 0.481 e. The molecule has 1 aliphatic heterocycles. The molecule has 1 fully saturated rings. The zero-order valence-corrected chi connectivity index (χ0v) is 9.26. The Bertz CT molecular complexity index is 377. The lowest BCUT2D eigenvalue weighted by molar-refractivity contribution is -0.141. The molecule has 0 bridgehead atoms. The quantitative estimate of drug-likeness (QED) is 0.809. The van der Waals surface area contributed by atoms with E-state index in [4.69, 9.17) is 5.11 Å². The van der Waals surface area contributed by atoms with E-state index in [2.05, 4.69) is 10.2 Å². The molecule has 86 valence electrons. The summed E-state index contributed by atoms with van der Waals surface area (Å²) < 4.78 is 0. The van der Waals surface area contributed by atoms with E-state index in [-0.39, 0.29) is 5.92 Å². The smallest absolute Gasteiger partial charge is 0.308 e. The van der Waals surface area contributed by atoms with Gasteiger partial charge in [0.05, 0.1) is 11.6 Å². The van der Waals surface area contributed by atoms with Gasteiger partial charge < -0.3 is 10.0 Å². The van der Waals surface area contributed by atoms with E-state index in [1.54, 1.807) is 0 Å². The van der Waals surface area contributed by atoms with Crippen LogP contribution in [0.1, 0.15) is 18.5 Å². The van der Waals surface area contributed by atoms with Gasteiger partial charge in [-0.15, -0.1) is 5.10 Å². The van der Waals surface area contributed by atoms with Crippen molar-refractivity contribution in [1.82, 2.24) is 10.2 Å². The number of hydrogen-bond donors (Lipinski definition) is 1. The Morgan fingerprint density at radius 2 is 2.31 bits per heavy atom. The number of aryl methyl sites for hydroxylation is 1. The van der Waals surface area contributed by atoms with Crippen LogP contribution in [0.4, 0.5) is 5.82 Å². The minimum atomic E-state index is -0.718. The summed E-state index contributed by atoms with van der Waals surface area (Å²) in [5.41, 5.74) is 0.871.